The number of aryl methyl sites for hydroxylation is 1. The minimum Gasteiger partial charge on any atom is -0.478 e. The molecule has 0 spiro atoms. The molecule has 8 nitrogen and oxygen atoms in total. The van der Waals surface area contributed by atoms with Gasteiger partial charge in [-0.25, -0.2) is 9.78 Å². The van der Waals surface area contributed by atoms with Gasteiger partial charge in [-0.1, -0.05) is 18.2 Å². The maximum atomic E-state index is 13.3. The Morgan fingerprint density at radius 1 is 1.22 bits per heavy atom. The van der Waals surface area contributed by atoms with Crippen molar-refractivity contribution in [3.05, 3.63) is 63.4 Å². The number of fused-ring (bicyclic) bond motifs is 1. The van der Waals surface area contributed by atoms with Crippen molar-refractivity contribution < 1.29 is 14.6 Å². The van der Waals surface area contributed by atoms with E-state index < -0.39 is 5.97 Å². The third kappa shape index (κ3) is 4.18. The number of carboxylic acid groups (broad SMARTS) is 1. The predicted octanol–water partition coefficient (Wildman–Crippen LogP) is 3.34. The fourth-order valence-electron chi connectivity index (χ4n) is 4.21. The third-order valence-electron chi connectivity index (χ3n) is 5.83. The van der Waals surface area contributed by atoms with Gasteiger partial charge in [0.1, 0.15) is 0 Å². The number of para-hydroxylation sites is 1. The van der Waals surface area contributed by atoms with Gasteiger partial charge in [0.25, 0.3) is 5.56 Å². The Morgan fingerprint density at radius 2 is 2.00 bits per heavy atom. The van der Waals surface area contributed by atoms with Crippen molar-refractivity contribution in [3.8, 4) is 0 Å². The van der Waals surface area contributed by atoms with Gasteiger partial charge in [0.05, 0.1) is 29.1 Å². The number of carboxylic acids is 1. The van der Waals surface area contributed by atoms with Crippen LogP contribution in [0.5, 0.6) is 0 Å². The number of carbonyl (C=O) groups is 1. The van der Waals surface area contributed by atoms with Crippen LogP contribution < -0.4 is 15.8 Å². The van der Waals surface area contributed by atoms with E-state index in [0.29, 0.717) is 42.3 Å². The molecule has 4 rings (SSSR count). The fourth-order valence-corrected chi connectivity index (χ4v) is 4.21. The Balaban J connectivity index is 1.82. The first-order valence-electron chi connectivity index (χ1n) is 10.8. The molecule has 3 aromatic rings. The largest absolute Gasteiger partial charge is 0.478 e. The normalized spacial score (nSPS) is 15.4. The van der Waals surface area contributed by atoms with Crippen LogP contribution in [0.4, 0.5) is 11.6 Å². The molecule has 2 aromatic carbocycles. The second kappa shape index (κ2) is 9.00. The standard InChI is InChI=1S/C24H28N4O4/c1-15-13-18(16(2)25-20-8-5-4-7-17(20)23(30)31)21-19(14-15)22(29)27(3)24(26-21)28-9-6-11-32-12-10-28/h4-5,7-8,13-14,16,25H,6,9-12H2,1-3H3,(H,30,31)/t16-/m1/s1. The number of rotatable bonds is 5. The van der Waals surface area contributed by atoms with Gasteiger partial charge < -0.3 is 20.1 Å². The smallest absolute Gasteiger partial charge is 0.337 e. The number of ether oxygens (including phenoxy) is 1. The number of aromatic nitrogens is 2. The van der Waals surface area contributed by atoms with Crippen LogP contribution in [-0.2, 0) is 11.8 Å². The molecule has 0 amide bonds. The molecule has 1 aliphatic rings. The van der Waals surface area contributed by atoms with Crippen LogP contribution in [-0.4, -0.2) is 46.9 Å². The van der Waals surface area contributed by atoms with Crippen molar-refractivity contribution in [1.82, 2.24) is 9.55 Å². The van der Waals surface area contributed by atoms with Crippen molar-refractivity contribution in [2.45, 2.75) is 26.3 Å². The lowest BCUT2D eigenvalue weighted by Gasteiger charge is -2.25. The zero-order valence-corrected chi connectivity index (χ0v) is 18.6. The lowest BCUT2D eigenvalue weighted by molar-refractivity contribution is 0.0698. The maximum absolute atomic E-state index is 13.3. The summed E-state index contributed by atoms with van der Waals surface area (Å²) < 4.78 is 7.17. The number of hydrogen-bond donors (Lipinski definition) is 2. The molecule has 1 aromatic heterocycles. The van der Waals surface area contributed by atoms with Gasteiger partial charge in [-0.2, -0.15) is 0 Å². The van der Waals surface area contributed by atoms with Crippen LogP contribution >= 0.6 is 0 Å². The molecule has 1 atom stereocenters. The molecule has 0 bridgehead atoms. The number of aromatic carboxylic acids is 1. The second-order valence-electron chi connectivity index (χ2n) is 8.20. The van der Waals surface area contributed by atoms with Crippen molar-refractivity contribution in [2.75, 3.05) is 36.5 Å². The number of nitrogens with one attached hydrogen (secondary N) is 1. The molecule has 32 heavy (non-hydrogen) atoms. The van der Waals surface area contributed by atoms with Gasteiger partial charge in [-0.15, -0.1) is 0 Å². The van der Waals surface area contributed by atoms with E-state index >= 15 is 0 Å². The van der Waals surface area contributed by atoms with Crippen LogP contribution in [0.15, 0.2) is 41.2 Å². The highest BCUT2D eigenvalue weighted by Crippen LogP contribution is 2.29. The highest BCUT2D eigenvalue weighted by Gasteiger charge is 2.21. The number of nitrogens with zero attached hydrogens (tertiary/aromatic N) is 3. The molecule has 8 heteroatoms. The monoisotopic (exact) mass is 436 g/mol. The summed E-state index contributed by atoms with van der Waals surface area (Å²) in [7, 11) is 1.75. The highest BCUT2D eigenvalue weighted by molar-refractivity contribution is 5.94. The van der Waals surface area contributed by atoms with E-state index in [1.54, 1.807) is 35.9 Å². The van der Waals surface area contributed by atoms with Crippen LogP contribution in [0.2, 0.25) is 0 Å². The molecule has 168 valence electrons. The fraction of sp³-hybridized carbons (Fsp3) is 0.375. The zero-order valence-electron chi connectivity index (χ0n) is 18.6. The average Bonchev–Trinajstić information content (AvgIpc) is 3.05. The second-order valence-corrected chi connectivity index (χ2v) is 8.20. The molecule has 1 aliphatic heterocycles. The average molecular weight is 437 g/mol. The number of benzene rings is 2. The first-order valence-corrected chi connectivity index (χ1v) is 10.8. The summed E-state index contributed by atoms with van der Waals surface area (Å²) in [5, 5.41) is 13.4. The Labute approximate surface area is 186 Å². The Hall–Kier alpha value is -3.39. The van der Waals surface area contributed by atoms with Gasteiger partial charge in [0.15, 0.2) is 0 Å². The van der Waals surface area contributed by atoms with Gasteiger partial charge in [0, 0.05) is 38.0 Å². The van der Waals surface area contributed by atoms with Crippen LogP contribution in [0.3, 0.4) is 0 Å². The molecule has 1 fully saturated rings. The molecule has 0 radical (unpaired) electrons. The quantitative estimate of drug-likeness (QED) is 0.633. The highest BCUT2D eigenvalue weighted by atomic mass is 16.5. The van der Waals surface area contributed by atoms with Crippen molar-refractivity contribution in [1.29, 1.82) is 0 Å². The van der Waals surface area contributed by atoms with Gasteiger partial charge in [-0.3, -0.25) is 9.36 Å². The van der Waals surface area contributed by atoms with Crippen molar-refractivity contribution in [3.63, 3.8) is 0 Å². The molecular formula is C24H28N4O4. The SMILES string of the molecule is Cc1cc([C@@H](C)Nc2ccccc2C(=O)O)c2nc(N3CCCOCC3)n(C)c(=O)c2c1. The molecule has 0 aliphatic carbocycles. The summed E-state index contributed by atoms with van der Waals surface area (Å²) in [6, 6.07) is 10.4. The van der Waals surface area contributed by atoms with E-state index in [9.17, 15) is 14.7 Å². The molecule has 1 saturated heterocycles. The summed E-state index contributed by atoms with van der Waals surface area (Å²) in [5.41, 5.74) is 3.05. The Morgan fingerprint density at radius 3 is 2.78 bits per heavy atom. The van der Waals surface area contributed by atoms with Crippen molar-refractivity contribution in [2.24, 2.45) is 7.05 Å². The molecule has 2 heterocycles. The molecule has 0 unspecified atom stereocenters. The minimum absolute atomic E-state index is 0.0988. The summed E-state index contributed by atoms with van der Waals surface area (Å²) >= 11 is 0. The van der Waals surface area contributed by atoms with Gasteiger partial charge in [-0.05, 0) is 44.0 Å². The van der Waals surface area contributed by atoms with Crippen LogP contribution in [0, 0.1) is 6.92 Å². The number of hydrogen-bond acceptors (Lipinski definition) is 6. The summed E-state index contributed by atoms with van der Waals surface area (Å²) in [4.78, 5) is 31.9. The van der Waals surface area contributed by atoms with Gasteiger partial charge >= 0.3 is 5.97 Å². The lowest BCUT2D eigenvalue weighted by atomic mass is 10.0. The first-order chi connectivity index (χ1) is 15.4. The van der Waals surface area contributed by atoms with Gasteiger partial charge in [0.2, 0.25) is 5.95 Å². The van der Waals surface area contributed by atoms with Crippen LogP contribution in [0.1, 0.15) is 40.9 Å². The third-order valence-corrected chi connectivity index (χ3v) is 5.83. The number of anilines is 2. The predicted molar refractivity (Wildman–Crippen MR) is 125 cm³/mol. The Bertz CT molecular complexity index is 1210. The van der Waals surface area contributed by atoms with E-state index in [-0.39, 0.29) is 17.2 Å². The zero-order chi connectivity index (χ0) is 22.8. The minimum atomic E-state index is -0.993. The lowest BCUT2D eigenvalue weighted by Crippen LogP contribution is -2.33. The Kier molecular flexibility index (Phi) is 6.14. The van der Waals surface area contributed by atoms with Crippen LogP contribution in [0.25, 0.3) is 10.9 Å². The summed E-state index contributed by atoms with van der Waals surface area (Å²) in [6.45, 7) is 6.64. The summed E-state index contributed by atoms with van der Waals surface area (Å²) in [6.07, 6.45) is 0.874. The molecule has 0 saturated carbocycles. The van der Waals surface area contributed by atoms with Crippen molar-refractivity contribution >= 4 is 28.5 Å². The maximum Gasteiger partial charge on any atom is 0.337 e. The molecule has 2 N–H and O–H groups in total. The van der Waals surface area contributed by atoms with E-state index in [4.69, 9.17) is 9.72 Å². The van der Waals surface area contributed by atoms with E-state index in [2.05, 4.69) is 10.2 Å². The first kappa shape index (κ1) is 21.8. The summed E-state index contributed by atoms with van der Waals surface area (Å²) in [5.74, 6) is -0.372. The molecular weight excluding hydrogens is 408 g/mol. The van der Waals surface area contributed by atoms with E-state index in [1.807, 2.05) is 26.0 Å². The topological polar surface area (TPSA) is 96.7 Å². The van der Waals surface area contributed by atoms with E-state index in [1.165, 1.54) is 0 Å². The van der Waals surface area contributed by atoms with E-state index in [0.717, 1.165) is 24.1 Å².